The number of benzene rings is 1. The van der Waals surface area contributed by atoms with Crippen molar-refractivity contribution in [2.45, 2.75) is 25.8 Å². The number of carbonyl (C=O) groups is 1. The van der Waals surface area contributed by atoms with Crippen LogP contribution in [-0.2, 0) is 17.7 Å². The highest BCUT2D eigenvalue weighted by Gasteiger charge is 2.28. The number of tetrazole rings is 1. The van der Waals surface area contributed by atoms with Crippen molar-refractivity contribution in [2.75, 3.05) is 6.61 Å². The van der Waals surface area contributed by atoms with Gasteiger partial charge in [-0.2, -0.15) is 0 Å². The van der Waals surface area contributed by atoms with Crippen LogP contribution in [0.3, 0.4) is 0 Å². The Balaban J connectivity index is 1.76. The molecule has 0 N–H and O–H groups in total. The van der Waals surface area contributed by atoms with Crippen LogP contribution in [0.1, 0.15) is 34.6 Å². The zero-order chi connectivity index (χ0) is 13.2. The molecule has 1 aromatic heterocycles. The summed E-state index contributed by atoms with van der Waals surface area (Å²) in [7, 11) is 0. The molecule has 1 atom stereocenters. The number of hydrogen-bond donors (Lipinski definition) is 0. The van der Waals surface area contributed by atoms with E-state index in [1.54, 1.807) is 6.92 Å². The van der Waals surface area contributed by atoms with Crippen molar-refractivity contribution in [2.24, 2.45) is 0 Å². The van der Waals surface area contributed by atoms with E-state index in [1.807, 2.05) is 12.1 Å². The lowest BCUT2D eigenvalue weighted by Crippen LogP contribution is -2.25. The molecule has 0 bridgehead atoms. The van der Waals surface area contributed by atoms with E-state index in [1.165, 1.54) is 15.8 Å². The molecule has 6 heteroatoms. The maximum absolute atomic E-state index is 11.7. The van der Waals surface area contributed by atoms with Crippen molar-refractivity contribution in [3.8, 4) is 0 Å². The average molecular weight is 258 g/mol. The Kier molecular flexibility index (Phi) is 2.98. The zero-order valence-corrected chi connectivity index (χ0v) is 10.6. The number of esters is 1. The topological polar surface area (TPSA) is 69.9 Å². The smallest absolute Gasteiger partial charge is 0.378 e. The molecule has 1 aliphatic carbocycles. The molecule has 6 nitrogen and oxygen atoms in total. The Labute approximate surface area is 110 Å². The van der Waals surface area contributed by atoms with Crippen LogP contribution in [0, 0.1) is 0 Å². The number of aromatic nitrogens is 4. The van der Waals surface area contributed by atoms with Gasteiger partial charge in [0.15, 0.2) is 0 Å². The molecular weight excluding hydrogens is 244 g/mol. The molecule has 1 unspecified atom stereocenters. The van der Waals surface area contributed by atoms with Crippen molar-refractivity contribution in [1.29, 1.82) is 0 Å². The van der Waals surface area contributed by atoms with Crippen molar-refractivity contribution in [3.63, 3.8) is 0 Å². The van der Waals surface area contributed by atoms with Gasteiger partial charge in [0, 0.05) is 5.92 Å². The third-order valence-corrected chi connectivity index (χ3v) is 3.34. The van der Waals surface area contributed by atoms with Gasteiger partial charge in [-0.15, -0.1) is 5.10 Å². The fourth-order valence-electron chi connectivity index (χ4n) is 2.40. The van der Waals surface area contributed by atoms with E-state index >= 15 is 0 Å². The lowest BCUT2D eigenvalue weighted by Gasteiger charge is -2.29. The molecule has 0 radical (unpaired) electrons. The first-order valence-electron chi connectivity index (χ1n) is 6.30. The molecule has 98 valence electrons. The van der Waals surface area contributed by atoms with Crippen LogP contribution in [0.2, 0.25) is 0 Å². The minimum atomic E-state index is -0.472. The maximum atomic E-state index is 11.7. The van der Waals surface area contributed by atoms with Crippen LogP contribution >= 0.6 is 0 Å². The molecule has 0 fully saturated rings. The van der Waals surface area contributed by atoms with Crippen molar-refractivity contribution in [1.82, 2.24) is 20.2 Å². The van der Waals surface area contributed by atoms with Crippen LogP contribution in [0.4, 0.5) is 0 Å². The monoisotopic (exact) mass is 258 g/mol. The van der Waals surface area contributed by atoms with Gasteiger partial charge in [0.2, 0.25) is 0 Å². The highest BCUT2D eigenvalue weighted by molar-refractivity contribution is 5.85. The second kappa shape index (κ2) is 4.79. The molecule has 1 aromatic carbocycles. The first-order valence-corrected chi connectivity index (χ1v) is 6.30. The fourth-order valence-corrected chi connectivity index (χ4v) is 2.40. The Morgan fingerprint density at radius 1 is 1.47 bits per heavy atom. The first-order chi connectivity index (χ1) is 9.29. The summed E-state index contributed by atoms with van der Waals surface area (Å²) in [5, 5.41) is 11.2. The molecule has 19 heavy (non-hydrogen) atoms. The molecule has 1 heterocycles. The van der Waals surface area contributed by atoms with Gasteiger partial charge in [-0.05, 0) is 34.9 Å². The molecule has 0 aliphatic heterocycles. The fraction of sp³-hybridized carbons (Fsp3) is 0.385. The van der Waals surface area contributed by atoms with E-state index in [0.29, 0.717) is 19.1 Å². The predicted molar refractivity (Wildman–Crippen MR) is 66.7 cm³/mol. The SMILES string of the molecule is CCOC(=O)c1nnnn1CC1Cc2ccccc21. The largest absolute Gasteiger partial charge is 0.460 e. The van der Waals surface area contributed by atoms with Crippen LogP contribution < -0.4 is 0 Å². The third-order valence-electron chi connectivity index (χ3n) is 3.34. The van der Waals surface area contributed by atoms with E-state index < -0.39 is 5.97 Å². The minimum Gasteiger partial charge on any atom is -0.460 e. The Morgan fingerprint density at radius 2 is 2.32 bits per heavy atom. The summed E-state index contributed by atoms with van der Waals surface area (Å²) in [6.45, 7) is 2.68. The normalized spacial score (nSPS) is 16.6. The summed E-state index contributed by atoms with van der Waals surface area (Å²) in [6.07, 6.45) is 0.998. The number of carbonyl (C=O) groups excluding carboxylic acids is 1. The lowest BCUT2D eigenvalue weighted by molar-refractivity contribution is 0.0503. The quantitative estimate of drug-likeness (QED) is 0.770. The van der Waals surface area contributed by atoms with Gasteiger partial charge < -0.3 is 4.74 Å². The summed E-state index contributed by atoms with van der Waals surface area (Å²) in [4.78, 5) is 11.7. The number of rotatable bonds is 4. The lowest BCUT2D eigenvalue weighted by atomic mass is 9.78. The van der Waals surface area contributed by atoms with Crippen molar-refractivity contribution < 1.29 is 9.53 Å². The Morgan fingerprint density at radius 3 is 3.11 bits per heavy atom. The van der Waals surface area contributed by atoms with Gasteiger partial charge in [-0.3, -0.25) is 0 Å². The standard InChI is InChI=1S/C13H14N4O2/c1-2-19-13(18)12-14-15-16-17(12)8-10-7-9-5-3-4-6-11(9)10/h3-6,10H,2,7-8H2,1H3. The second-order valence-electron chi connectivity index (χ2n) is 4.50. The number of nitrogens with zero attached hydrogens (tertiary/aromatic N) is 4. The van der Waals surface area contributed by atoms with Crippen LogP contribution in [0.25, 0.3) is 0 Å². The van der Waals surface area contributed by atoms with E-state index in [2.05, 4.69) is 27.7 Å². The van der Waals surface area contributed by atoms with Gasteiger partial charge in [-0.1, -0.05) is 24.3 Å². The first kappa shape index (κ1) is 11.8. The minimum absolute atomic E-state index is 0.172. The van der Waals surface area contributed by atoms with E-state index in [9.17, 15) is 4.79 Å². The molecule has 0 saturated heterocycles. The van der Waals surface area contributed by atoms with Gasteiger partial charge in [0.25, 0.3) is 5.82 Å². The van der Waals surface area contributed by atoms with E-state index in [-0.39, 0.29) is 5.82 Å². The summed E-state index contributed by atoms with van der Waals surface area (Å²) >= 11 is 0. The molecule has 0 spiro atoms. The molecule has 2 aromatic rings. The van der Waals surface area contributed by atoms with Gasteiger partial charge in [0.1, 0.15) is 0 Å². The highest BCUT2D eigenvalue weighted by Crippen LogP contribution is 2.35. The molecule has 0 saturated carbocycles. The molecule has 3 rings (SSSR count). The van der Waals surface area contributed by atoms with Crippen LogP contribution in [-0.4, -0.2) is 32.8 Å². The Hall–Kier alpha value is -2.24. The number of fused-ring (bicyclic) bond motifs is 1. The molecule has 0 amide bonds. The van der Waals surface area contributed by atoms with E-state index in [4.69, 9.17) is 4.74 Å². The van der Waals surface area contributed by atoms with Crippen molar-refractivity contribution >= 4 is 5.97 Å². The van der Waals surface area contributed by atoms with E-state index in [0.717, 1.165) is 6.42 Å². The van der Waals surface area contributed by atoms with Crippen LogP contribution in [0.15, 0.2) is 24.3 Å². The molecular formula is C13H14N4O2. The number of hydrogen-bond acceptors (Lipinski definition) is 5. The summed E-state index contributed by atoms with van der Waals surface area (Å²) in [5.74, 6) is 0.0687. The second-order valence-corrected chi connectivity index (χ2v) is 4.50. The zero-order valence-electron chi connectivity index (χ0n) is 10.6. The molecule has 1 aliphatic rings. The summed E-state index contributed by atoms with van der Waals surface area (Å²) in [6, 6.07) is 8.29. The number of ether oxygens (including phenoxy) is 1. The van der Waals surface area contributed by atoms with Gasteiger partial charge in [-0.25, -0.2) is 9.48 Å². The summed E-state index contributed by atoms with van der Waals surface area (Å²) in [5.41, 5.74) is 2.67. The van der Waals surface area contributed by atoms with Crippen molar-refractivity contribution in [3.05, 3.63) is 41.2 Å². The summed E-state index contributed by atoms with van der Waals surface area (Å²) < 4.78 is 6.45. The highest BCUT2D eigenvalue weighted by atomic mass is 16.5. The van der Waals surface area contributed by atoms with Crippen LogP contribution in [0.5, 0.6) is 0 Å². The average Bonchev–Trinajstić information content (AvgIpc) is 2.84. The predicted octanol–water partition coefficient (Wildman–Crippen LogP) is 1.19. The third kappa shape index (κ3) is 2.09. The van der Waals surface area contributed by atoms with Gasteiger partial charge >= 0.3 is 5.97 Å². The Bertz CT molecular complexity index is 608. The maximum Gasteiger partial charge on any atom is 0.378 e. The van der Waals surface area contributed by atoms with Gasteiger partial charge in [0.05, 0.1) is 13.2 Å².